The Hall–Kier alpha value is -1.98. The molecule has 4 N–H and O–H groups in total. The van der Waals surface area contributed by atoms with Crippen molar-refractivity contribution >= 4 is 11.8 Å². The number of nitrogens with two attached hydrogens (primary N) is 2. The molecule has 1 rings (SSSR count). The molecule has 0 fully saturated rings. The maximum Gasteiger partial charge on any atom is 0.347 e. The van der Waals surface area contributed by atoms with E-state index in [4.69, 9.17) is 16.2 Å². The van der Waals surface area contributed by atoms with E-state index in [0.29, 0.717) is 11.3 Å². The molecule has 0 aliphatic carbocycles. The van der Waals surface area contributed by atoms with E-state index in [0.717, 1.165) is 19.3 Å². The molecular weight excluding hydrogens is 208 g/mol. The molecule has 6 heteroatoms. The maximum absolute atomic E-state index is 11.1. The summed E-state index contributed by atoms with van der Waals surface area (Å²) in [6, 6.07) is 1.36. The van der Waals surface area contributed by atoms with Crippen molar-refractivity contribution in [1.82, 2.24) is 4.98 Å². The zero-order valence-corrected chi connectivity index (χ0v) is 9.06. The molecule has 16 heavy (non-hydrogen) atoms. The molecule has 0 amide bonds. The van der Waals surface area contributed by atoms with E-state index in [2.05, 4.69) is 11.6 Å². The Morgan fingerprint density at radius 1 is 1.50 bits per heavy atom. The second-order valence-electron chi connectivity index (χ2n) is 3.30. The SMILES string of the molecule is C=CCCCCOc1cc(N)[n+]([O-])c(N)n1. The van der Waals surface area contributed by atoms with Gasteiger partial charge < -0.3 is 21.4 Å². The summed E-state index contributed by atoms with van der Waals surface area (Å²) in [5.41, 5.74) is 10.8. The summed E-state index contributed by atoms with van der Waals surface area (Å²) in [5.74, 6) is 0.0513. The van der Waals surface area contributed by atoms with Gasteiger partial charge in [0.05, 0.1) is 12.7 Å². The minimum absolute atomic E-state index is 0.0198. The zero-order chi connectivity index (χ0) is 12.0. The Morgan fingerprint density at radius 3 is 2.88 bits per heavy atom. The van der Waals surface area contributed by atoms with Crippen LogP contribution in [-0.4, -0.2) is 11.6 Å². The number of anilines is 2. The van der Waals surface area contributed by atoms with Crippen molar-refractivity contribution in [3.05, 3.63) is 23.9 Å². The van der Waals surface area contributed by atoms with Gasteiger partial charge in [-0.3, -0.25) is 0 Å². The minimum atomic E-state index is -0.207. The number of ether oxygens (including phenoxy) is 1. The molecule has 1 aromatic heterocycles. The Kier molecular flexibility index (Phi) is 4.38. The molecule has 0 unspecified atom stereocenters. The Balaban J connectivity index is 2.45. The lowest BCUT2D eigenvalue weighted by Crippen LogP contribution is -2.35. The number of aromatic nitrogens is 2. The van der Waals surface area contributed by atoms with Crippen LogP contribution in [0.5, 0.6) is 5.88 Å². The molecule has 1 aromatic rings. The summed E-state index contributed by atoms with van der Waals surface area (Å²) in [6.07, 6.45) is 4.70. The number of hydrogen-bond donors (Lipinski definition) is 2. The average molecular weight is 224 g/mol. The van der Waals surface area contributed by atoms with E-state index >= 15 is 0 Å². The van der Waals surface area contributed by atoms with Crippen molar-refractivity contribution in [2.45, 2.75) is 19.3 Å². The number of hydrogen-bond acceptors (Lipinski definition) is 5. The van der Waals surface area contributed by atoms with Gasteiger partial charge in [0.1, 0.15) is 0 Å². The molecule has 0 aromatic carbocycles. The summed E-state index contributed by atoms with van der Waals surface area (Å²) in [4.78, 5) is 3.76. The summed E-state index contributed by atoms with van der Waals surface area (Å²) in [6.45, 7) is 4.14. The highest BCUT2D eigenvalue weighted by Gasteiger charge is 2.08. The van der Waals surface area contributed by atoms with Crippen LogP contribution in [0.25, 0.3) is 0 Å². The van der Waals surface area contributed by atoms with E-state index in [9.17, 15) is 5.21 Å². The summed E-state index contributed by atoms with van der Waals surface area (Å²) < 4.78 is 5.66. The quantitative estimate of drug-likeness (QED) is 0.319. The molecule has 6 nitrogen and oxygen atoms in total. The van der Waals surface area contributed by atoms with Crippen LogP contribution in [0.3, 0.4) is 0 Å². The maximum atomic E-state index is 11.1. The highest BCUT2D eigenvalue weighted by molar-refractivity contribution is 5.31. The Labute approximate surface area is 94.1 Å². The first-order chi connectivity index (χ1) is 7.65. The number of allylic oxidation sites excluding steroid dienone is 1. The van der Waals surface area contributed by atoms with Crippen LogP contribution in [0, 0.1) is 5.21 Å². The largest absolute Gasteiger partial charge is 0.754 e. The molecular formula is C10H16N4O2. The van der Waals surface area contributed by atoms with Crippen LogP contribution in [0.4, 0.5) is 11.8 Å². The predicted molar refractivity (Wildman–Crippen MR) is 61.6 cm³/mol. The van der Waals surface area contributed by atoms with Crippen molar-refractivity contribution < 1.29 is 9.47 Å². The fraction of sp³-hybridized carbons (Fsp3) is 0.400. The number of rotatable bonds is 6. The second-order valence-corrected chi connectivity index (χ2v) is 3.30. The van der Waals surface area contributed by atoms with Gasteiger partial charge in [0.15, 0.2) is 5.82 Å². The average Bonchev–Trinajstić information content (AvgIpc) is 2.25. The fourth-order valence-electron chi connectivity index (χ4n) is 1.15. The lowest BCUT2D eigenvalue weighted by molar-refractivity contribution is -0.577. The van der Waals surface area contributed by atoms with E-state index in [1.54, 1.807) is 0 Å². The molecule has 0 atom stereocenters. The van der Waals surface area contributed by atoms with E-state index < -0.39 is 0 Å². The molecule has 0 radical (unpaired) electrons. The smallest absolute Gasteiger partial charge is 0.347 e. The van der Waals surface area contributed by atoms with Crippen LogP contribution in [0.2, 0.25) is 0 Å². The van der Waals surface area contributed by atoms with Gasteiger partial charge in [-0.05, 0) is 19.3 Å². The second kappa shape index (κ2) is 5.79. The third kappa shape index (κ3) is 3.30. The first kappa shape index (κ1) is 12.1. The normalized spacial score (nSPS) is 10.0. The highest BCUT2D eigenvalue weighted by Crippen LogP contribution is 2.10. The summed E-state index contributed by atoms with van der Waals surface area (Å²) in [7, 11) is 0. The highest BCUT2D eigenvalue weighted by atomic mass is 16.5. The third-order valence-corrected chi connectivity index (χ3v) is 1.99. The van der Waals surface area contributed by atoms with Crippen molar-refractivity contribution in [2.24, 2.45) is 0 Å². The third-order valence-electron chi connectivity index (χ3n) is 1.99. The first-order valence-corrected chi connectivity index (χ1v) is 5.04. The lowest BCUT2D eigenvalue weighted by atomic mass is 10.2. The first-order valence-electron chi connectivity index (χ1n) is 5.04. The van der Waals surface area contributed by atoms with Crippen LogP contribution in [-0.2, 0) is 0 Å². The van der Waals surface area contributed by atoms with Crippen molar-refractivity contribution in [2.75, 3.05) is 18.1 Å². The van der Waals surface area contributed by atoms with Crippen LogP contribution in [0.1, 0.15) is 19.3 Å². The standard InChI is InChI=1S/C10H16N4O2/c1-2-3-4-5-6-16-9-7-8(11)14(15)10(12)13-9/h2,7H,1,3-6,11H2,(H2,12,13). The number of nitrogen functional groups attached to an aromatic ring is 2. The summed E-state index contributed by atoms with van der Waals surface area (Å²) in [5, 5.41) is 11.1. The van der Waals surface area contributed by atoms with Crippen LogP contribution < -0.4 is 20.9 Å². The van der Waals surface area contributed by atoms with Crippen molar-refractivity contribution in [3.8, 4) is 5.88 Å². The van der Waals surface area contributed by atoms with Gasteiger partial charge in [0, 0.05) is 0 Å². The molecule has 0 bridgehead atoms. The number of unbranched alkanes of at least 4 members (excludes halogenated alkanes) is 2. The molecule has 0 aliphatic rings. The van der Waals surface area contributed by atoms with Crippen LogP contribution in [0.15, 0.2) is 18.7 Å². The van der Waals surface area contributed by atoms with Gasteiger partial charge >= 0.3 is 5.95 Å². The van der Waals surface area contributed by atoms with E-state index in [1.165, 1.54) is 6.07 Å². The summed E-state index contributed by atoms with van der Waals surface area (Å²) >= 11 is 0. The predicted octanol–water partition coefficient (Wildman–Crippen LogP) is 0.614. The van der Waals surface area contributed by atoms with Crippen LogP contribution >= 0.6 is 0 Å². The molecule has 0 saturated carbocycles. The topological polar surface area (TPSA) is 101 Å². The van der Waals surface area contributed by atoms with Gasteiger partial charge in [-0.15, -0.1) is 6.58 Å². The fourth-order valence-corrected chi connectivity index (χ4v) is 1.15. The van der Waals surface area contributed by atoms with Crippen molar-refractivity contribution in [3.63, 3.8) is 0 Å². The minimum Gasteiger partial charge on any atom is -0.754 e. The van der Waals surface area contributed by atoms with Gasteiger partial charge in [0.25, 0.3) is 5.88 Å². The van der Waals surface area contributed by atoms with Crippen molar-refractivity contribution in [1.29, 1.82) is 0 Å². The molecule has 0 saturated heterocycles. The Bertz CT molecular complexity index is 345. The monoisotopic (exact) mass is 224 g/mol. The van der Waals surface area contributed by atoms with Gasteiger partial charge in [-0.2, -0.15) is 0 Å². The lowest BCUT2D eigenvalue weighted by Gasteiger charge is -2.10. The Morgan fingerprint density at radius 2 is 2.25 bits per heavy atom. The van der Waals surface area contributed by atoms with E-state index in [1.807, 2.05) is 6.08 Å². The molecule has 88 valence electrons. The molecule has 0 aliphatic heterocycles. The van der Waals surface area contributed by atoms with E-state index in [-0.39, 0.29) is 17.6 Å². The van der Waals surface area contributed by atoms with Gasteiger partial charge in [0.2, 0.25) is 0 Å². The molecule has 0 spiro atoms. The van der Waals surface area contributed by atoms with Gasteiger partial charge in [-0.25, -0.2) is 4.73 Å². The number of nitrogens with zero attached hydrogens (tertiary/aromatic N) is 2. The molecule has 1 heterocycles. The van der Waals surface area contributed by atoms with Gasteiger partial charge in [-0.1, -0.05) is 11.1 Å². The zero-order valence-electron chi connectivity index (χ0n) is 9.06.